The molecular formula is C21H27Cl2N5O. The molecule has 1 atom stereocenters. The van der Waals surface area contributed by atoms with E-state index in [4.69, 9.17) is 4.74 Å². The third-order valence-corrected chi connectivity index (χ3v) is 5.02. The van der Waals surface area contributed by atoms with Gasteiger partial charge in [0.1, 0.15) is 18.2 Å². The fraction of sp³-hybridized carbons (Fsp3) is 0.333. The number of aromatic nitrogens is 3. The van der Waals surface area contributed by atoms with Gasteiger partial charge in [-0.05, 0) is 29.3 Å². The second-order valence-corrected chi connectivity index (χ2v) is 6.86. The minimum Gasteiger partial charge on any atom is -0.486 e. The lowest BCUT2D eigenvalue weighted by molar-refractivity contribution is 0.153. The Balaban J connectivity index is 0.00000150. The molecule has 0 bridgehead atoms. The molecule has 0 saturated carbocycles. The first-order chi connectivity index (χ1) is 13.3. The Morgan fingerprint density at radius 2 is 1.97 bits per heavy atom. The maximum absolute atomic E-state index is 5.85. The Hall–Kier alpha value is -2.12. The topological polar surface area (TPSA) is 55.2 Å². The van der Waals surface area contributed by atoms with Crippen molar-refractivity contribution in [1.29, 1.82) is 0 Å². The van der Waals surface area contributed by atoms with Gasteiger partial charge in [0, 0.05) is 64.1 Å². The Morgan fingerprint density at radius 3 is 2.66 bits per heavy atom. The number of piperazine rings is 1. The smallest absolute Gasteiger partial charge is 0.146 e. The molecule has 1 aliphatic rings. The maximum atomic E-state index is 5.85. The summed E-state index contributed by atoms with van der Waals surface area (Å²) in [5, 5.41) is 3.50. The molecule has 0 spiro atoms. The minimum absolute atomic E-state index is 0. The highest BCUT2D eigenvalue weighted by atomic mass is 35.5. The Labute approximate surface area is 184 Å². The zero-order valence-corrected chi connectivity index (χ0v) is 18.0. The highest BCUT2D eigenvalue weighted by Crippen LogP contribution is 2.24. The van der Waals surface area contributed by atoms with Crippen molar-refractivity contribution in [2.24, 2.45) is 7.05 Å². The van der Waals surface area contributed by atoms with Crippen LogP contribution in [0.4, 0.5) is 0 Å². The highest BCUT2D eigenvalue weighted by Gasteiger charge is 2.23. The fourth-order valence-electron chi connectivity index (χ4n) is 3.45. The number of halogens is 2. The van der Waals surface area contributed by atoms with E-state index < -0.39 is 0 Å². The van der Waals surface area contributed by atoms with E-state index in [2.05, 4.69) is 38.4 Å². The summed E-state index contributed by atoms with van der Waals surface area (Å²) < 4.78 is 7.82. The zero-order chi connectivity index (χ0) is 18.5. The van der Waals surface area contributed by atoms with Crippen LogP contribution in [0.3, 0.4) is 0 Å². The first-order valence-electron chi connectivity index (χ1n) is 9.32. The first kappa shape index (κ1) is 23.2. The standard InChI is InChI=1S/C21H25N5O.2ClH/c1-25-11-10-24-21(25)16-27-19-6-4-17(5-7-19)15-26-12-9-23-14-20(26)18-3-2-8-22-13-18;;/h2-8,10-11,13,20,23H,9,12,14-16H2,1H3;2*1H. The van der Waals surface area contributed by atoms with Gasteiger partial charge in [-0.2, -0.15) is 0 Å². The van der Waals surface area contributed by atoms with E-state index >= 15 is 0 Å². The molecule has 1 unspecified atom stereocenters. The summed E-state index contributed by atoms with van der Waals surface area (Å²) in [6.07, 6.45) is 7.51. The van der Waals surface area contributed by atoms with Crippen LogP contribution in [0.25, 0.3) is 0 Å². The summed E-state index contributed by atoms with van der Waals surface area (Å²) in [5.74, 6) is 1.78. The third kappa shape index (κ3) is 5.93. The normalized spacial score (nSPS) is 16.5. The second-order valence-electron chi connectivity index (χ2n) is 6.86. The Kier molecular flexibility index (Phi) is 8.92. The molecule has 29 heavy (non-hydrogen) atoms. The molecule has 2 aromatic heterocycles. The van der Waals surface area contributed by atoms with Crippen LogP contribution in [0.5, 0.6) is 5.75 Å². The van der Waals surface area contributed by atoms with Crippen molar-refractivity contribution in [2.75, 3.05) is 19.6 Å². The number of aryl methyl sites for hydroxylation is 1. The van der Waals surface area contributed by atoms with Crippen molar-refractivity contribution in [2.45, 2.75) is 19.2 Å². The number of nitrogens with one attached hydrogen (secondary N) is 1. The van der Waals surface area contributed by atoms with E-state index in [1.165, 1.54) is 11.1 Å². The average molecular weight is 436 g/mol. The SMILES string of the molecule is Cl.Cl.Cn1ccnc1COc1ccc(CN2CCNCC2c2cccnc2)cc1. The van der Waals surface area contributed by atoms with E-state index in [0.717, 1.165) is 37.8 Å². The molecule has 1 saturated heterocycles. The third-order valence-electron chi connectivity index (χ3n) is 5.02. The van der Waals surface area contributed by atoms with Crippen LogP contribution in [0.15, 0.2) is 61.2 Å². The quantitative estimate of drug-likeness (QED) is 0.642. The molecular weight excluding hydrogens is 409 g/mol. The number of benzene rings is 1. The molecule has 4 rings (SSSR count). The number of nitrogens with zero attached hydrogens (tertiary/aromatic N) is 4. The molecule has 1 aromatic carbocycles. The lowest BCUT2D eigenvalue weighted by Gasteiger charge is -2.36. The van der Waals surface area contributed by atoms with Crippen molar-refractivity contribution in [3.63, 3.8) is 0 Å². The number of hydrogen-bond acceptors (Lipinski definition) is 5. The molecule has 0 aliphatic carbocycles. The zero-order valence-electron chi connectivity index (χ0n) is 16.4. The number of imidazole rings is 1. The molecule has 156 valence electrons. The van der Waals surface area contributed by atoms with Gasteiger partial charge in [-0.1, -0.05) is 18.2 Å². The molecule has 3 heterocycles. The molecule has 0 radical (unpaired) electrons. The Bertz CT molecular complexity index is 857. The number of hydrogen-bond donors (Lipinski definition) is 1. The van der Waals surface area contributed by atoms with Gasteiger partial charge in [0.25, 0.3) is 0 Å². The van der Waals surface area contributed by atoms with Gasteiger partial charge in [0.05, 0.1) is 0 Å². The van der Waals surface area contributed by atoms with Crippen molar-refractivity contribution < 1.29 is 4.74 Å². The highest BCUT2D eigenvalue weighted by molar-refractivity contribution is 5.85. The van der Waals surface area contributed by atoms with Gasteiger partial charge >= 0.3 is 0 Å². The summed E-state index contributed by atoms with van der Waals surface area (Å²) in [7, 11) is 1.97. The molecule has 1 N–H and O–H groups in total. The van der Waals surface area contributed by atoms with Crippen LogP contribution < -0.4 is 10.1 Å². The maximum Gasteiger partial charge on any atom is 0.146 e. The summed E-state index contributed by atoms with van der Waals surface area (Å²) in [4.78, 5) is 11.1. The van der Waals surface area contributed by atoms with Crippen molar-refractivity contribution in [3.05, 3.63) is 78.1 Å². The number of pyridine rings is 1. The van der Waals surface area contributed by atoms with E-state index in [9.17, 15) is 0 Å². The van der Waals surface area contributed by atoms with Gasteiger partial charge in [-0.25, -0.2) is 4.98 Å². The van der Waals surface area contributed by atoms with Crippen LogP contribution in [-0.2, 0) is 20.2 Å². The molecule has 8 heteroatoms. The van der Waals surface area contributed by atoms with Crippen molar-refractivity contribution in [3.8, 4) is 5.75 Å². The lowest BCUT2D eigenvalue weighted by atomic mass is 10.0. The summed E-state index contributed by atoms with van der Waals surface area (Å²) in [6, 6.07) is 12.9. The number of ether oxygens (including phenoxy) is 1. The lowest BCUT2D eigenvalue weighted by Crippen LogP contribution is -2.45. The van der Waals surface area contributed by atoms with E-state index in [0.29, 0.717) is 12.6 Å². The molecule has 6 nitrogen and oxygen atoms in total. The first-order valence-corrected chi connectivity index (χ1v) is 9.32. The average Bonchev–Trinajstić information content (AvgIpc) is 3.13. The largest absolute Gasteiger partial charge is 0.486 e. The number of rotatable bonds is 6. The molecule has 3 aromatic rings. The van der Waals surface area contributed by atoms with Crippen LogP contribution >= 0.6 is 24.8 Å². The van der Waals surface area contributed by atoms with Gasteiger partial charge in [-0.3, -0.25) is 9.88 Å². The van der Waals surface area contributed by atoms with E-state index in [-0.39, 0.29) is 24.8 Å². The summed E-state index contributed by atoms with van der Waals surface area (Å²) >= 11 is 0. The molecule has 1 fully saturated rings. The van der Waals surface area contributed by atoms with Crippen LogP contribution in [0.1, 0.15) is 23.0 Å². The van der Waals surface area contributed by atoms with Gasteiger partial charge in [0.2, 0.25) is 0 Å². The monoisotopic (exact) mass is 435 g/mol. The predicted molar refractivity (Wildman–Crippen MR) is 119 cm³/mol. The minimum atomic E-state index is 0. The van der Waals surface area contributed by atoms with Gasteiger partial charge in [-0.15, -0.1) is 24.8 Å². The predicted octanol–water partition coefficient (Wildman–Crippen LogP) is 3.38. The fourth-order valence-corrected chi connectivity index (χ4v) is 3.45. The van der Waals surface area contributed by atoms with Crippen molar-refractivity contribution in [1.82, 2.24) is 24.8 Å². The Morgan fingerprint density at radius 1 is 1.14 bits per heavy atom. The molecule has 1 aliphatic heterocycles. The van der Waals surface area contributed by atoms with Gasteiger partial charge in [0.15, 0.2) is 0 Å². The van der Waals surface area contributed by atoms with Crippen molar-refractivity contribution >= 4 is 24.8 Å². The van der Waals surface area contributed by atoms with E-state index in [1.807, 2.05) is 48.4 Å². The van der Waals surface area contributed by atoms with Crippen LogP contribution in [0.2, 0.25) is 0 Å². The molecule has 0 amide bonds. The summed E-state index contributed by atoms with van der Waals surface area (Å²) in [6.45, 7) is 4.39. The van der Waals surface area contributed by atoms with Gasteiger partial charge < -0.3 is 14.6 Å². The second kappa shape index (κ2) is 11.2. The van der Waals surface area contributed by atoms with E-state index in [1.54, 1.807) is 6.20 Å². The summed E-state index contributed by atoms with van der Waals surface area (Å²) in [5.41, 5.74) is 2.55. The van der Waals surface area contributed by atoms with Crippen LogP contribution in [0, 0.1) is 0 Å². The van der Waals surface area contributed by atoms with Crippen LogP contribution in [-0.4, -0.2) is 39.1 Å².